The van der Waals surface area contributed by atoms with Crippen molar-refractivity contribution < 1.29 is 14.3 Å². The summed E-state index contributed by atoms with van der Waals surface area (Å²) in [5.41, 5.74) is 1.67. The Morgan fingerprint density at radius 3 is 3.00 bits per heavy atom. The predicted molar refractivity (Wildman–Crippen MR) is 96.5 cm³/mol. The van der Waals surface area contributed by atoms with Crippen molar-refractivity contribution in [2.24, 2.45) is 0 Å². The molecule has 3 aromatic rings. The lowest BCUT2D eigenvalue weighted by molar-refractivity contribution is -0.154. The third-order valence-electron chi connectivity index (χ3n) is 3.44. The van der Waals surface area contributed by atoms with Gasteiger partial charge in [-0.25, -0.2) is 4.79 Å². The van der Waals surface area contributed by atoms with Gasteiger partial charge in [-0.05, 0) is 41.8 Å². The Morgan fingerprint density at radius 2 is 2.26 bits per heavy atom. The summed E-state index contributed by atoms with van der Waals surface area (Å²) in [6.45, 7) is 1.19. The summed E-state index contributed by atoms with van der Waals surface area (Å²) in [4.78, 5) is 25.3. The highest BCUT2D eigenvalue weighted by Gasteiger charge is 2.19. The Balaban J connectivity index is 1.54. The van der Waals surface area contributed by atoms with Gasteiger partial charge in [-0.3, -0.25) is 4.79 Å². The topological polar surface area (TPSA) is 123 Å². The maximum absolute atomic E-state index is 12.1. The lowest BCUT2D eigenvalue weighted by Gasteiger charge is -2.13. The molecule has 0 bridgehead atoms. The van der Waals surface area contributed by atoms with Gasteiger partial charge in [0.1, 0.15) is 0 Å². The van der Waals surface area contributed by atoms with Crippen LogP contribution in [-0.4, -0.2) is 38.2 Å². The van der Waals surface area contributed by atoms with Crippen molar-refractivity contribution in [2.45, 2.75) is 19.6 Å². The smallest absolute Gasteiger partial charge is 0.330 e. The van der Waals surface area contributed by atoms with Crippen LogP contribution in [0.3, 0.4) is 0 Å². The molecule has 0 aliphatic rings. The van der Waals surface area contributed by atoms with Gasteiger partial charge in [0.25, 0.3) is 5.91 Å². The van der Waals surface area contributed by atoms with E-state index in [1.165, 1.54) is 24.3 Å². The molecule has 1 amide bonds. The van der Waals surface area contributed by atoms with Gasteiger partial charge in [-0.1, -0.05) is 6.07 Å². The second-order valence-electron chi connectivity index (χ2n) is 5.47. The van der Waals surface area contributed by atoms with Crippen LogP contribution in [0.1, 0.15) is 12.5 Å². The van der Waals surface area contributed by atoms with E-state index in [0.717, 1.165) is 10.4 Å². The van der Waals surface area contributed by atoms with Crippen LogP contribution in [0.25, 0.3) is 11.4 Å². The molecule has 9 nitrogen and oxygen atoms in total. The Kier molecular flexibility index (Phi) is 5.53. The SMILES string of the molecule is C[C@H](OC(=O)Cn1nnc(-c2ccsc2)n1)C(=O)Nc1cccc(C#N)c1. The van der Waals surface area contributed by atoms with Crippen molar-refractivity contribution in [3.05, 3.63) is 46.7 Å². The molecule has 1 aromatic carbocycles. The first-order valence-corrected chi connectivity index (χ1v) is 8.80. The number of nitrogens with one attached hydrogen (secondary N) is 1. The van der Waals surface area contributed by atoms with Crippen LogP contribution in [0.15, 0.2) is 41.1 Å². The lowest BCUT2D eigenvalue weighted by Crippen LogP contribution is -2.31. The molecule has 136 valence electrons. The van der Waals surface area contributed by atoms with Gasteiger partial charge < -0.3 is 10.1 Å². The summed E-state index contributed by atoms with van der Waals surface area (Å²) < 4.78 is 5.10. The Labute approximate surface area is 158 Å². The van der Waals surface area contributed by atoms with Crippen molar-refractivity contribution in [3.8, 4) is 17.5 Å². The van der Waals surface area contributed by atoms with Crippen LogP contribution in [-0.2, 0) is 20.9 Å². The fraction of sp³-hybridized carbons (Fsp3) is 0.176. The number of anilines is 1. The number of hydrogen-bond acceptors (Lipinski definition) is 8. The quantitative estimate of drug-likeness (QED) is 0.645. The van der Waals surface area contributed by atoms with Crippen LogP contribution >= 0.6 is 11.3 Å². The summed E-state index contributed by atoms with van der Waals surface area (Å²) in [6.07, 6.45) is -1.02. The number of carbonyl (C=O) groups is 2. The van der Waals surface area contributed by atoms with Gasteiger partial charge in [0.15, 0.2) is 12.6 Å². The van der Waals surface area contributed by atoms with Crippen LogP contribution < -0.4 is 5.32 Å². The van der Waals surface area contributed by atoms with E-state index in [4.69, 9.17) is 10.00 Å². The molecular weight excluding hydrogens is 368 g/mol. The van der Waals surface area contributed by atoms with Crippen molar-refractivity contribution in [2.75, 3.05) is 5.32 Å². The molecule has 0 aliphatic carbocycles. The Hall–Kier alpha value is -3.58. The van der Waals surface area contributed by atoms with Gasteiger partial charge in [0.05, 0.1) is 11.6 Å². The first kappa shape index (κ1) is 18.2. The van der Waals surface area contributed by atoms with Gasteiger partial charge in [-0.2, -0.15) is 21.4 Å². The highest BCUT2D eigenvalue weighted by atomic mass is 32.1. The van der Waals surface area contributed by atoms with Crippen molar-refractivity contribution in [1.82, 2.24) is 20.2 Å². The third kappa shape index (κ3) is 4.74. The maximum Gasteiger partial charge on any atom is 0.330 e. The monoisotopic (exact) mass is 382 g/mol. The van der Waals surface area contributed by atoms with E-state index >= 15 is 0 Å². The van der Waals surface area contributed by atoms with E-state index in [2.05, 4.69) is 20.7 Å². The molecule has 1 N–H and O–H groups in total. The van der Waals surface area contributed by atoms with E-state index in [9.17, 15) is 9.59 Å². The standard InChI is InChI=1S/C17H14N6O3S/c1-11(17(25)19-14-4-2-3-12(7-14)8-18)26-15(24)9-23-21-16(20-22-23)13-5-6-27-10-13/h2-7,10-11H,9H2,1H3,(H,19,25)/t11-/m0/s1. The molecule has 0 fully saturated rings. The van der Waals surface area contributed by atoms with Crippen LogP contribution in [0, 0.1) is 11.3 Å². The van der Waals surface area contributed by atoms with Gasteiger partial charge in [-0.15, -0.1) is 10.2 Å². The Morgan fingerprint density at radius 1 is 1.41 bits per heavy atom. The normalized spacial score (nSPS) is 11.4. The molecule has 0 saturated heterocycles. The summed E-state index contributed by atoms with van der Waals surface area (Å²) in [5, 5.41) is 27.0. The summed E-state index contributed by atoms with van der Waals surface area (Å²) in [5.74, 6) is -0.770. The fourth-order valence-corrected chi connectivity index (χ4v) is 2.77. The fourth-order valence-electron chi connectivity index (χ4n) is 2.13. The number of rotatable bonds is 6. The highest BCUT2D eigenvalue weighted by Crippen LogP contribution is 2.16. The number of nitriles is 1. The van der Waals surface area contributed by atoms with Crippen LogP contribution in [0.5, 0.6) is 0 Å². The number of amides is 1. The zero-order valence-electron chi connectivity index (χ0n) is 14.2. The molecule has 0 spiro atoms. The number of nitrogens with zero attached hydrogens (tertiary/aromatic N) is 5. The second-order valence-corrected chi connectivity index (χ2v) is 6.25. The van der Waals surface area contributed by atoms with E-state index < -0.39 is 18.0 Å². The highest BCUT2D eigenvalue weighted by molar-refractivity contribution is 7.08. The number of esters is 1. The zero-order chi connectivity index (χ0) is 19.2. The number of thiophene rings is 1. The van der Waals surface area contributed by atoms with Crippen molar-refractivity contribution in [3.63, 3.8) is 0 Å². The maximum atomic E-state index is 12.1. The molecule has 1 atom stereocenters. The second kappa shape index (κ2) is 8.20. The molecule has 0 saturated carbocycles. The summed E-state index contributed by atoms with van der Waals surface area (Å²) in [6, 6.07) is 10.3. The minimum Gasteiger partial charge on any atom is -0.451 e. The number of carbonyl (C=O) groups excluding carboxylic acids is 2. The summed E-state index contributed by atoms with van der Waals surface area (Å²) in [7, 11) is 0. The molecule has 27 heavy (non-hydrogen) atoms. The van der Waals surface area contributed by atoms with E-state index in [-0.39, 0.29) is 6.54 Å². The minimum atomic E-state index is -1.02. The summed E-state index contributed by atoms with van der Waals surface area (Å²) >= 11 is 1.50. The van der Waals surface area contributed by atoms with Crippen LogP contribution in [0.2, 0.25) is 0 Å². The Bertz CT molecular complexity index is 992. The van der Waals surface area contributed by atoms with Gasteiger partial charge >= 0.3 is 5.97 Å². The van der Waals surface area contributed by atoms with Crippen molar-refractivity contribution in [1.29, 1.82) is 5.26 Å². The molecule has 0 unspecified atom stereocenters. The first-order valence-electron chi connectivity index (χ1n) is 7.86. The molecule has 2 aromatic heterocycles. The van der Waals surface area contributed by atoms with Crippen LogP contribution in [0.4, 0.5) is 5.69 Å². The van der Waals surface area contributed by atoms with Gasteiger partial charge in [0.2, 0.25) is 5.82 Å². The molecule has 0 aliphatic heterocycles. The first-order chi connectivity index (χ1) is 13.0. The molecule has 2 heterocycles. The predicted octanol–water partition coefficient (Wildman–Crippen LogP) is 1.84. The number of tetrazole rings is 1. The average molecular weight is 382 g/mol. The van der Waals surface area contributed by atoms with Crippen molar-refractivity contribution >= 4 is 28.9 Å². The average Bonchev–Trinajstić information content (AvgIpc) is 3.33. The lowest BCUT2D eigenvalue weighted by atomic mass is 10.2. The zero-order valence-corrected chi connectivity index (χ0v) is 15.0. The van der Waals surface area contributed by atoms with E-state index in [0.29, 0.717) is 17.1 Å². The molecular formula is C17H14N6O3S. The molecule has 10 heteroatoms. The van der Waals surface area contributed by atoms with Gasteiger partial charge in [0, 0.05) is 16.6 Å². The molecule has 0 radical (unpaired) electrons. The minimum absolute atomic E-state index is 0.265. The number of benzene rings is 1. The largest absolute Gasteiger partial charge is 0.451 e. The third-order valence-corrected chi connectivity index (χ3v) is 4.12. The number of aromatic nitrogens is 4. The number of hydrogen-bond donors (Lipinski definition) is 1. The van der Waals surface area contributed by atoms with E-state index in [1.807, 2.05) is 22.9 Å². The van der Waals surface area contributed by atoms with E-state index in [1.54, 1.807) is 18.2 Å². The number of ether oxygens (including phenoxy) is 1. The molecule has 3 rings (SSSR count).